The lowest BCUT2D eigenvalue weighted by Crippen LogP contribution is -2.31. The van der Waals surface area contributed by atoms with Crippen molar-refractivity contribution in [1.29, 1.82) is 0 Å². The van der Waals surface area contributed by atoms with Crippen LogP contribution in [0, 0.1) is 0 Å². The molecule has 1 aromatic rings. The van der Waals surface area contributed by atoms with E-state index in [1.165, 1.54) is 19.4 Å². The van der Waals surface area contributed by atoms with Crippen LogP contribution in [-0.2, 0) is 0 Å². The molecule has 1 fully saturated rings. The average Bonchev–Trinajstić information content (AvgIpc) is 2.18. The van der Waals surface area contributed by atoms with Crippen LogP contribution in [0.5, 0.6) is 0 Å². The van der Waals surface area contributed by atoms with E-state index in [1.54, 1.807) is 6.20 Å². The number of hydrogen-bond acceptors (Lipinski definition) is 4. The van der Waals surface area contributed by atoms with Crippen molar-refractivity contribution in [3.63, 3.8) is 0 Å². The second-order valence-corrected chi connectivity index (χ2v) is 4.02. The highest BCUT2D eigenvalue weighted by Crippen LogP contribution is 2.24. The Morgan fingerprint density at radius 3 is 3.14 bits per heavy atom. The van der Waals surface area contributed by atoms with Gasteiger partial charge < -0.3 is 10.6 Å². The fourth-order valence-corrected chi connectivity index (χ4v) is 2.01. The van der Waals surface area contributed by atoms with Gasteiger partial charge in [-0.15, -0.1) is 0 Å². The van der Waals surface area contributed by atoms with Crippen LogP contribution in [0.1, 0.15) is 24.5 Å². The maximum Gasteiger partial charge on any atom is 0.0726 e. The van der Waals surface area contributed by atoms with E-state index in [4.69, 9.17) is 5.73 Å². The van der Waals surface area contributed by atoms with E-state index in [2.05, 4.69) is 22.1 Å². The maximum atomic E-state index is 5.68. The van der Waals surface area contributed by atoms with Crippen molar-refractivity contribution in [1.82, 2.24) is 15.1 Å². The van der Waals surface area contributed by atoms with Gasteiger partial charge in [-0.25, -0.2) is 0 Å². The standard InChI is InChI=1S/C10H16N4/c1-14-4-2-3-8(7-14)10-5-9(11)6-12-13-10/h5-6,8H,2-4,7H2,1H3,(H2,11,13). The molecule has 0 amide bonds. The fourth-order valence-electron chi connectivity index (χ4n) is 2.01. The highest BCUT2D eigenvalue weighted by Gasteiger charge is 2.20. The Hall–Kier alpha value is -1.16. The normalized spacial score (nSPS) is 23.6. The first-order valence-electron chi connectivity index (χ1n) is 5.02. The van der Waals surface area contributed by atoms with Gasteiger partial charge in [-0.2, -0.15) is 10.2 Å². The van der Waals surface area contributed by atoms with E-state index in [1.807, 2.05) is 6.07 Å². The molecule has 1 atom stereocenters. The molecule has 2 N–H and O–H groups in total. The van der Waals surface area contributed by atoms with Crippen LogP contribution in [-0.4, -0.2) is 35.2 Å². The van der Waals surface area contributed by atoms with Crippen LogP contribution in [0.2, 0.25) is 0 Å². The second-order valence-electron chi connectivity index (χ2n) is 4.02. The van der Waals surface area contributed by atoms with Crippen molar-refractivity contribution in [2.45, 2.75) is 18.8 Å². The van der Waals surface area contributed by atoms with Crippen molar-refractivity contribution in [2.24, 2.45) is 0 Å². The van der Waals surface area contributed by atoms with Gasteiger partial charge in [0.1, 0.15) is 0 Å². The van der Waals surface area contributed by atoms with Crippen LogP contribution < -0.4 is 5.73 Å². The predicted molar refractivity (Wildman–Crippen MR) is 55.9 cm³/mol. The summed E-state index contributed by atoms with van der Waals surface area (Å²) in [5.41, 5.74) is 7.43. The molecule has 0 bridgehead atoms. The molecule has 0 saturated carbocycles. The van der Waals surface area contributed by atoms with Crippen LogP contribution in [0.15, 0.2) is 12.3 Å². The third-order valence-corrected chi connectivity index (χ3v) is 2.74. The molecule has 1 unspecified atom stereocenters. The van der Waals surface area contributed by atoms with Gasteiger partial charge in [-0.3, -0.25) is 0 Å². The van der Waals surface area contributed by atoms with Crippen molar-refractivity contribution in [3.8, 4) is 0 Å². The van der Waals surface area contributed by atoms with Crippen molar-refractivity contribution >= 4 is 5.69 Å². The summed E-state index contributed by atoms with van der Waals surface area (Å²) >= 11 is 0. The Morgan fingerprint density at radius 2 is 2.43 bits per heavy atom. The summed E-state index contributed by atoms with van der Waals surface area (Å²) in [6, 6.07) is 1.94. The summed E-state index contributed by atoms with van der Waals surface area (Å²) in [4.78, 5) is 2.33. The SMILES string of the molecule is CN1CCCC(c2cc(N)cnn2)C1. The summed E-state index contributed by atoms with van der Waals surface area (Å²) in [6.45, 7) is 2.25. The van der Waals surface area contributed by atoms with E-state index >= 15 is 0 Å². The molecule has 2 heterocycles. The maximum absolute atomic E-state index is 5.68. The van der Waals surface area contributed by atoms with E-state index in [0.29, 0.717) is 11.6 Å². The molecule has 14 heavy (non-hydrogen) atoms. The van der Waals surface area contributed by atoms with Gasteiger partial charge in [0.25, 0.3) is 0 Å². The summed E-state index contributed by atoms with van der Waals surface area (Å²) in [5.74, 6) is 0.504. The van der Waals surface area contributed by atoms with Crippen LogP contribution in [0.3, 0.4) is 0 Å². The zero-order chi connectivity index (χ0) is 9.97. The quantitative estimate of drug-likeness (QED) is 0.717. The minimum absolute atomic E-state index is 0.504. The summed E-state index contributed by atoms with van der Waals surface area (Å²) in [7, 11) is 2.14. The molecule has 4 nitrogen and oxygen atoms in total. The third-order valence-electron chi connectivity index (χ3n) is 2.74. The largest absolute Gasteiger partial charge is 0.397 e. The average molecular weight is 192 g/mol. The molecule has 1 saturated heterocycles. The molecule has 2 rings (SSSR count). The number of likely N-dealkylation sites (tertiary alicyclic amines) is 1. The topological polar surface area (TPSA) is 55.0 Å². The highest BCUT2D eigenvalue weighted by atomic mass is 15.1. The Labute approximate surface area is 84.1 Å². The Morgan fingerprint density at radius 1 is 1.57 bits per heavy atom. The lowest BCUT2D eigenvalue weighted by molar-refractivity contribution is 0.248. The van der Waals surface area contributed by atoms with Gasteiger partial charge in [0, 0.05) is 12.5 Å². The lowest BCUT2D eigenvalue weighted by Gasteiger charge is -2.28. The van der Waals surface area contributed by atoms with Gasteiger partial charge in [0.15, 0.2) is 0 Å². The lowest BCUT2D eigenvalue weighted by atomic mass is 9.95. The Balaban J connectivity index is 2.14. The van der Waals surface area contributed by atoms with Crippen molar-refractivity contribution in [3.05, 3.63) is 18.0 Å². The van der Waals surface area contributed by atoms with E-state index in [0.717, 1.165) is 12.2 Å². The monoisotopic (exact) mass is 192 g/mol. The number of likely N-dealkylation sites (N-methyl/N-ethyl adjacent to an activating group) is 1. The molecule has 1 aliphatic heterocycles. The van der Waals surface area contributed by atoms with Crippen molar-refractivity contribution < 1.29 is 0 Å². The number of piperidine rings is 1. The van der Waals surface area contributed by atoms with Gasteiger partial charge in [-0.1, -0.05) is 0 Å². The highest BCUT2D eigenvalue weighted by molar-refractivity contribution is 5.35. The van der Waals surface area contributed by atoms with Crippen LogP contribution in [0.25, 0.3) is 0 Å². The molecule has 1 aliphatic rings. The minimum Gasteiger partial charge on any atom is -0.397 e. The van der Waals surface area contributed by atoms with E-state index in [-0.39, 0.29) is 0 Å². The molecular formula is C10H16N4. The van der Waals surface area contributed by atoms with E-state index in [9.17, 15) is 0 Å². The summed E-state index contributed by atoms with van der Waals surface area (Å²) in [5, 5.41) is 8.03. The molecule has 0 spiro atoms. The Bertz CT molecular complexity index is 313. The molecule has 4 heteroatoms. The molecule has 1 aromatic heterocycles. The molecule has 76 valence electrons. The molecule has 0 radical (unpaired) electrons. The zero-order valence-corrected chi connectivity index (χ0v) is 8.48. The van der Waals surface area contributed by atoms with E-state index < -0.39 is 0 Å². The number of nitrogens with two attached hydrogens (primary N) is 1. The molecule has 0 aromatic carbocycles. The second kappa shape index (κ2) is 3.92. The van der Waals surface area contributed by atoms with Crippen LogP contribution in [0.4, 0.5) is 5.69 Å². The smallest absolute Gasteiger partial charge is 0.0726 e. The number of aromatic nitrogens is 2. The number of hydrogen-bond donors (Lipinski definition) is 1. The Kier molecular flexibility index (Phi) is 2.63. The van der Waals surface area contributed by atoms with Crippen molar-refractivity contribution in [2.75, 3.05) is 25.9 Å². The fraction of sp³-hybridized carbons (Fsp3) is 0.600. The molecule has 0 aliphatic carbocycles. The summed E-state index contributed by atoms with van der Waals surface area (Å²) < 4.78 is 0. The first-order chi connectivity index (χ1) is 6.75. The first-order valence-corrected chi connectivity index (χ1v) is 5.02. The van der Waals surface area contributed by atoms with Gasteiger partial charge in [0.05, 0.1) is 17.6 Å². The first kappa shape index (κ1) is 9.40. The summed E-state index contributed by atoms with van der Waals surface area (Å²) in [6.07, 6.45) is 4.02. The third kappa shape index (κ3) is 2.01. The zero-order valence-electron chi connectivity index (χ0n) is 8.48. The minimum atomic E-state index is 0.504. The van der Waals surface area contributed by atoms with Gasteiger partial charge >= 0.3 is 0 Å². The molecular weight excluding hydrogens is 176 g/mol. The van der Waals surface area contributed by atoms with Gasteiger partial charge in [-0.05, 0) is 32.5 Å². The predicted octanol–water partition coefficient (Wildman–Crippen LogP) is 0.868. The number of nitrogens with zero attached hydrogens (tertiary/aromatic N) is 3. The van der Waals surface area contributed by atoms with Crippen LogP contribution >= 0.6 is 0 Å². The van der Waals surface area contributed by atoms with Gasteiger partial charge in [0.2, 0.25) is 0 Å². The number of rotatable bonds is 1. The number of anilines is 1. The number of nitrogen functional groups attached to an aromatic ring is 1.